The number of allylic oxidation sites excluding steroid dienone is 2. The molecule has 1 aromatic heterocycles. The summed E-state index contributed by atoms with van der Waals surface area (Å²) >= 11 is 1.73. The molecule has 0 saturated carbocycles. The average molecular weight is 233 g/mol. The van der Waals surface area contributed by atoms with Gasteiger partial charge >= 0.3 is 0 Å². The van der Waals surface area contributed by atoms with Gasteiger partial charge in [-0.15, -0.1) is 11.3 Å². The summed E-state index contributed by atoms with van der Waals surface area (Å²) < 4.78 is 5.71. The van der Waals surface area contributed by atoms with Crippen LogP contribution in [0.15, 0.2) is 23.6 Å². The lowest BCUT2D eigenvalue weighted by atomic mass is 9.99. The fourth-order valence-corrected chi connectivity index (χ4v) is 3.15. The minimum Gasteiger partial charge on any atom is -0.377 e. The Morgan fingerprint density at radius 3 is 3.25 bits per heavy atom. The monoisotopic (exact) mass is 233 g/mol. The summed E-state index contributed by atoms with van der Waals surface area (Å²) in [5.74, 6) is 0.578. The Hall–Kier alpha value is -0.930. The van der Waals surface area contributed by atoms with E-state index in [0.717, 1.165) is 30.2 Å². The summed E-state index contributed by atoms with van der Waals surface area (Å²) in [6.45, 7) is 2.95. The first kappa shape index (κ1) is 10.2. The fraction of sp³-hybridized carbons (Fsp3) is 0.462. The molecule has 1 aliphatic carbocycles. The van der Waals surface area contributed by atoms with Crippen LogP contribution in [-0.2, 0) is 4.74 Å². The van der Waals surface area contributed by atoms with Gasteiger partial charge in [0.15, 0.2) is 0 Å². The van der Waals surface area contributed by atoms with E-state index in [-0.39, 0.29) is 0 Å². The Morgan fingerprint density at radius 1 is 1.50 bits per heavy atom. The van der Waals surface area contributed by atoms with E-state index in [2.05, 4.69) is 28.6 Å². The van der Waals surface area contributed by atoms with Crippen LogP contribution in [0.4, 0.5) is 0 Å². The lowest BCUT2D eigenvalue weighted by Gasteiger charge is -2.11. The molecule has 2 nitrogen and oxygen atoms in total. The first-order chi connectivity index (χ1) is 7.83. The highest BCUT2D eigenvalue weighted by atomic mass is 32.1. The Balaban J connectivity index is 1.93. The second kappa shape index (κ2) is 4.15. The lowest BCUT2D eigenvalue weighted by Crippen LogP contribution is -2.11. The molecule has 2 unspecified atom stereocenters. The molecule has 3 heteroatoms. The molecular formula is C13H15NOS. The number of rotatable bonds is 1. The van der Waals surface area contributed by atoms with Crippen LogP contribution in [0.1, 0.15) is 23.5 Å². The summed E-state index contributed by atoms with van der Waals surface area (Å²) in [4.78, 5) is 4.55. The second-order valence-electron chi connectivity index (χ2n) is 4.42. The minimum absolute atomic E-state index is 0.398. The maximum atomic E-state index is 5.71. The van der Waals surface area contributed by atoms with Gasteiger partial charge in [-0.2, -0.15) is 0 Å². The molecule has 1 aromatic rings. The number of hydrogen-bond donors (Lipinski definition) is 0. The summed E-state index contributed by atoms with van der Waals surface area (Å²) in [6, 6.07) is 0. The molecule has 84 valence electrons. The van der Waals surface area contributed by atoms with Crippen LogP contribution in [0.25, 0.3) is 5.57 Å². The summed E-state index contributed by atoms with van der Waals surface area (Å²) in [5, 5.41) is 3.25. The van der Waals surface area contributed by atoms with Crippen molar-refractivity contribution in [2.45, 2.75) is 25.9 Å². The molecule has 2 heterocycles. The molecule has 1 fully saturated rings. The van der Waals surface area contributed by atoms with E-state index in [4.69, 9.17) is 4.74 Å². The molecule has 0 bridgehead atoms. The number of aromatic nitrogens is 1. The zero-order valence-electron chi connectivity index (χ0n) is 9.35. The highest BCUT2D eigenvalue weighted by Gasteiger charge is 2.27. The lowest BCUT2D eigenvalue weighted by molar-refractivity contribution is 0.102. The van der Waals surface area contributed by atoms with E-state index in [0.29, 0.717) is 12.0 Å². The highest BCUT2D eigenvalue weighted by molar-refractivity contribution is 7.10. The predicted octanol–water partition coefficient (Wildman–Crippen LogP) is 3.20. The van der Waals surface area contributed by atoms with Crippen LogP contribution in [0.3, 0.4) is 0 Å². The SMILES string of the molecule is Cc1csc(C2=CC3CCOC3CC=C2)n1. The summed E-state index contributed by atoms with van der Waals surface area (Å²) in [5.41, 5.74) is 2.38. The quantitative estimate of drug-likeness (QED) is 0.743. The van der Waals surface area contributed by atoms with Crippen molar-refractivity contribution in [2.75, 3.05) is 6.61 Å². The van der Waals surface area contributed by atoms with Gasteiger partial charge < -0.3 is 4.74 Å². The van der Waals surface area contributed by atoms with Crippen LogP contribution < -0.4 is 0 Å². The van der Waals surface area contributed by atoms with Crippen molar-refractivity contribution in [2.24, 2.45) is 5.92 Å². The molecule has 16 heavy (non-hydrogen) atoms. The molecule has 1 saturated heterocycles. The van der Waals surface area contributed by atoms with Crippen LogP contribution in [-0.4, -0.2) is 17.7 Å². The van der Waals surface area contributed by atoms with E-state index < -0.39 is 0 Å². The standard InChI is InChI=1S/C13H15NOS/c1-9-8-16-13(14-9)11-3-2-4-12-10(7-11)5-6-15-12/h2-3,7-8,10,12H,4-6H2,1H3. The first-order valence-corrected chi connectivity index (χ1v) is 6.63. The zero-order valence-corrected chi connectivity index (χ0v) is 10.2. The molecule has 0 radical (unpaired) electrons. The van der Waals surface area contributed by atoms with Crippen LogP contribution >= 0.6 is 11.3 Å². The van der Waals surface area contributed by atoms with Crippen molar-refractivity contribution in [1.82, 2.24) is 4.98 Å². The van der Waals surface area contributed by atoms with Crippen LogP contribution in [0.2, 0.25) is 0 Å². The van der Waals surface area contributed by atoms with Crippen molar-refractivity contribution >= 4 is 16.9 Å². The molecule has 0 spiro atoms. The van der Waals surface area contributed by atoms with E-state index in [1.165, 1.54) is 5.57 Å². The molecule has 0 N–H and O–H groups in total. The molecule has 0 aromatic carbocycles. The van der Waals surface area contributed by atoms with Crippen molar-refractivity contribution in [3.63, 3.8) is 0 Å². The first-order valence-electron chi connectivity index (χ1n) is 5.75. The van der Waals surface area contributed by atoms with Crippen molar-refractivity contribution in [3.8, 4) is 0 Å². The molecular weight excluding hydrogens is 218 g/mol. The maximum Gasteiger partial charge on any atom is 0.123 e. The van der Waals surface area contributed by atoms with Crippen LogP contribution in [0.5, 0.6) is 0 Å². The maximum absolute atomic E-state index is 5.71. The molecule has 2 aliphatic rings. The largest absolute Gasteiger partial charge is 0.377 e. The van der Waals surface area contributed by atoms with E-state index >= 15 is 0 Å². The van der Waals surface area contributed by atoms with Crippen molar-refractivity contribution in [3.05, 3.63) is 34.3 Å². The molecule has 2 atom stereocenters. The van der Waals surface area contributed by atoms with E-state index in [1.54, 1.807) is 11.3 Å². The van der Waals surface area contributed by atoms with Crippen molar-refractivity contribution < 1.29 is 4.74 Å². The van der Waals surface area contributed by atoms with Crippen molar-refractivity contribution in [1.29, 1.82) is 0 Å². The van der Waals surface area contributed by atoms with Gasteiger partial charge in [0.1, 0.15) is 5.01 Å². The Morgan fingerprint density at radius 2 is 2.44 bits per heavy atom. The van der Waals surface area contributed by atoms with Gasteiger partial charge in [-0.05, 0) is 19.8 Å². The third-order valence-corrected chi connectivity index (χ3v) is 4.20. The average Bonchev–Trinajstić information content (AvgIpc) is 2.83. The van der Waals surface area contributed by atoms with Crippen LogP contribution in [0, 0.1) is 12.8 Å². The predicted molar refractivity (Wildman–Crippen MR) is 66.4 cm³/mol. The number of thiazole rings is 1. The Labute approximate surface area is 99.7 Å². The number of nitrogens with zero attached hydrogens (tertiary/aromatic N) is 1. The third-order valence-electron chi connectivity index (χ3n) is 3.19. The third kappa shape index (κ3) is 1.85. The normalized spacial score (nSPS) is 28.7. The fourth-order valence-electron chi connectivity index (χ4n) is 2.34. The molecule has 1 aliphatic heterocycles. The number of hydrogen-bond acceptors (Lipinski definition) is 3. The minimum atomic E-state index is 0.398. The van der Waals surface area contributed by atoms with E-state index in [9.17, 15) is 0 Å². The second-order valence-corrected chi connectivity index (χ2v) is 5.27. The Bertz CT molecular complexity index is 447. The van der Waals surface area contributed by atoms with E-state index in [1.807, 2.05) is 6.92 Å². The summed E-state index contributed by atoms with van der Waals surface area (Å²) in [6.07, 6.45) is 9.35. The Kier molecular flexibility index (Phi) is 2.65. The van der Waals surface area contributed by atoms with Gasteiger partial charge in [0.05, 0.1) is 6.10 Å². The van der Waals surface area contributed by atoms with Gasteiger partial charge in [-0.25, -0.2) is 4.98 Å². The van der Waals surface area contributed by atoms with Gasteiger partial charge in [0.2, 0.25) is 0 Å². The number of fused-ring (bicyclic) bond motifs is 1. The summed E-state index contributed by atoms with van der Waals surface area (Å²) in [7, 11) is 0. The molecule has 0 amide bonds. The van der Waals surface area contributed by atoms with Gasteiger partial charge in [-0.1, -0.05) is 18.2 Å². The topological polar surface area (TPSA) is 22.1 Å². The molecule has 3 rings (SSSR count). The highest BCUT2D eigenvalue weighted by Crippen LogP contribution is 2.32. The van der Waals surface area contributed by atoms with Gasteiger partial charge in [0.25, 0.3) is 0 Å². The number of ether oxygens (including phenoxy) is 1. The zero-order chi connectivity index (χ0) is 11.0. The smallest absolute Gasteiger partial charge is 0.123 e. The number of aryl methyl sites for hydroxylation is 1. The van der Waals surface area contributed by atoms with Gasteiger partial charge in [0, 0.05) is 29.2 Å². The van der Waals surface area contributed by atoms with Gasteiger partial charge in [-0.3, -0.25) is 0 Å².